The van der Waals surface area contributed by atoms with Gasteiger partial charge in [-0.3, -0.25) is 4.68 Å². The molecule has 3 heterocycles. The number of aryl methyl sites for hydroxylation is 1. The molecule has 0 saturated carbocycles. The average Bonchev–Trinajstić information content (AvgIpc) is 3.02. The summed E-state index contributed by atoms with van der Waals surface area (Å²) in [5.74, 6) is 0.175. The van der Waals surface area contributed by atoms with Crippen LogP contribution in [0.5, 0.6) is 0 Å². The van der Waals surface area contributed by atoms with Gasteiger partial charge in [-0.2, -0.15) is 10.1 Å². The van der Waals surface area contributed by atoms with E-state index in [2.05, 4.69) is 20.5 Å². The van der Waals surface area contributed by atoms with Crippen molar-refractivity contribution >= 4 is 11.6 Å². The number of anilines is 1. The van der Waals surface area contributed by atoms with Crippen molar-refractivity contribution in [2.24, 2.45) is 0 Å². The molecule has 0 atom stereocenters. The Bertz CT molecular complexity index is 660. The normalized spacial score (nSPS) is 11.0. The molecule has 0 aliphatic heterocycles. The second kappa shape index (κ2) is 5.05. The van der Waals surface area contributed by atoms with Crippen LogP contribution in [0.2, 0.25) is 0 Å². The maximum absolute atomic E-state index is 13.0. The minimum Gasteiger partial charge on any atom is -0.353 e. The minimum atomic E-state index is -0.331. The van der Waals surface area contributed by atoms with Gasteiger partial charge in [-0.25, -0.2) is 8.91 Å². The van der Waals surface area contributed by atoms with Crippen molar-refractivity contribution in [1.82, 2.24) is 24.4 Å². The van der Waals surface area contributed by atoms with Crippen LogP contribution in [0.1, 0.15) is 6.42 Å². The molecule has 0 saturated heterocycles. The molecule has 3 rings (SSSR count). The van der Waals surface area contributed by atoms with Crippen molar-refractivity contribution < 1.29 is 4.39 Å². The number of pyridine rings is 1. The molecule has 1 N–H and O–H groups in total. The van der Waals surface area contributed by atoms with E-state index in [0.717, 1.165) is 19.5 Å². The summed E-state index contributed by atoms with van der Waals surface area (Å²) in [6, 6.07) is 4.86. The van der Waals surface area contributed by atoms with Gasteiger partial charge in [0.1, 0.15) is 5.82 Å². The van der Waals surface area contributed by atoms with Gasteiger partial charge >= 0.3 is 0 Å². The predicted octanol–water partition coefficient (Wildman–Crippen LogP) is 1.57. The number of hydrogen-bond acceptors (Lipinski definition) is 4. The van der Waals surface area contributed by atoms with Crippen LogP contribution in [0.3, 0.4) is 0 Å². The van der Waals surface area contributed by atoms with Crippen molar-refractivity contribution in [1.29, 1.82) is 0 Å². The van der Waals surface area contributed by atoms with Crippen LogP contribution in [-0.4, -0.2) is 30.9 Å². The summed E-state index contributed by atoms with van der Waals surface area (Å²) in [5.41, 5.74) is 0.621. The number of halogens is 1. The van der Waals surface area contributed by atoms with E-state index in [1.54, 1.807) is 12.3 Å². The standard InChI is InChI=1S/C12H13FN6/c13-10-3-4-11-16-12(17-19(11)9-10)14-5-1-7-18-8-2-6-15-18/h2-4,6,8-9H,1,5,7H2,(H,14,17). The van der Waals surface area contributed by atoms with Gasteiger partial charge in [0.15, 0.2) is 5.65 Å². The lowest BCUT2D eigenvalue weighted by Crippen LogP contribution is -2.08. The highest BCUT2D eigenvalue weighted by Gasteiger charge is 2.03. The van der Waals surface area contributed by atoms with E-state index in [1.807, 2.05) is 16.9 Å². The summed E-state index contributed by atoms with van der Waals surface area (Å²) < 4.78 is 16.3. The van der Waals surface area contributed by atoms with Crippen molar-refractivity contribution in [3.8, 4) is 0 Å². The van der Waals surface area contributed by atoms with E-state index >= 15 is 0 Å². The monoisotopic (exact) mass is 260 g/mol. The van der Waals surface area contributed by atoms with Crippen molar-refractivity contribution in [2.45, 2.75) is 13.0 Å². The molecule has 0 fully saturated rings. The lowest BCUT2D eigenvalue weighted by atomic mass is 10.4. The van der Waals surface area contributed by atoms with E-state index in [-0.39, 0.29) is 5.82 Å². The molecule has 0 aromatic carbocycles. The lowest BCUT2D eigenvalue weighted by molar-refractivity contribution is 0.591. The highest BCUT2D eigenvalue weighted by Crippen LogP contribution is 2.06. The van der Waals surface area contributed by atoms with Crippen LogP contribution >= 0.6 is 0 Å². The minimum absolute atomic E-state index is 0.331. The zero-order valence-corrected chi connectivity index (χ0v) is 10.2. The number of rotatable bonds is 5. The first-order valence-electron chi connectivity index (χ1n) is 6.04. The Morgan fingerprint density at radius 2 is 2.26 bits per heavy atom. The van der Waals surface area contributed by atoms with Gasteiger partial charge in [0.05, 0.1) is 6.20 Å². The fourth-order valence-corrected chi connectivity index (χ4v) is 1.81. The summed E-state index contributed by atoms with van der Waals surface area (Å²) in [4.78, 5) is 4.24. The third kappa shape index (κ3) is 2.70. The number of nitrogens with zero attached hydrogens (tertiary/aromatic N) is 5. The van der Waals surface area contributed by atoms with Gasteiger partial charge in [-0.05, 0) is 24.6 Å². The van der Waals surface area contributed by atoms with E-state index < -0.39 is 0 Å². The maximum atomic E-state index is 13.0. The zero-order chi connectivity index (χ0) is 13.1. The van der Waals surface area contributed by atoms with Crippen LogP contribution in [0, 0.1) is 5.82 Å². The molecule has 0 aliphatic carbocycles. The Balaban J connectivity index is 1.56. The van der Waals surface area contributed by atoms with Crippen molar-refractivity contribution in [3.63, 3.8) is 0 Å². The fraction of sp³-hybridized carbons (Fsp3) is 0.250. The highest BCUT2D eigenvalue weighted by atomic mass is 19.1. The molecule has 0 spiro atoms. The smallest absolute Gasteiger partial charge is 0.243 e. The molecule has 0 bridgehead atoms. The largest absolute Gasteiger partial charge is 0.353 e. The van der Waals surface area contributed by atoms with Crippen LogP contribution in [0.4, 0.5) is 10.3 Å². The van der Waals surface area contributed by atoms with Crippen molar-refractivity contribution in [2.75, 3.05) is 11.9 Å². The second-order valence-corrected chi connectivity index (χ2v) is 4.13. The molecule has 3 aromatic heterocycles. The summed E-state index contributed by atoms with van der Waals surface area (Å²) >= 11 is 0. The Labute approximate surface area is 108 Å². The molecular weight excluding hydrogens is 247 g/mol. The van der Waals surface area contributed by atoms with Crippen LogP contribution < -0.4 is 5.32 Å². The maximum Gasteiger partial charge on any atom is 0.243 e. The highest BCUT2D eigenvalue weighted by molar-refractivity contribution is 5.42. The molecule has 6 nitrogen and oxygen atoms in total. The first kappa shape index (κ1) is 11.6. The Morgan fingerprint density at radius 1 is 1.32 bits per heavy atom. The van der Waals surface area contributed by atoms with Crippen LogP contribution in [-0.2, 0) is 6.54 Å². The molecule has 0 unspecified atom stereocenters. The fourth-order valence-electron chi connectivity index (χ4n) is 1.81. The molecular formula is C12H13FN6. The van der Waals surface area contributed by atoms with Gasteiger partial charge in [0.25, 0.3) is 0 Å². The van der Waals surface area contributed by atoms with Crippen LogP contribution in [0.15, 0.2) is 36.8 Å². The second-order valence-electron chi connectivity index (χ2n) is 4.13. The summed E-state index contributed by atoms with van der Waals surface area (Å²) in [6.45, 7) is 1.57. The predicted molar refractivity (Wildman–Crippen MR) is 68.3 cm³/mol. The Morgan fingerprint density at radius 3 is 3.11 bits per heavy atom. The van der Waals surface area contributed by atoms with E-state index in [4.69, 9.17) is 0 Å². The Kier molecular flexibility index (Phi) is 3.09. The third-order valence-corrected chi connectivity index (χ3v) is 2.70. The number of hydrogen-bond donors (Lipinski definition) is 1. The number of nitrogens with one attached hydrogen (secondary N) is 1. The molecule has 3 aromatic rings. The molecule has 19 heavy (non-hydrogen) atoms. The molecule has 0 amide bonds. The molecule has 7 heteroatoms. The summed E-state index contributed by atoms with van der Waals surface area (Å²) in [7, 11) is 0. The Hall–Kier alpha value is -2.44. The quantitative estimate of drug-likeness (QED) is 0.707. The zero-order valence-electron chi connectivity index (χ0n) is 10.2. The topological polar surface area (TPSA) is 60.0 Å². The van der Waals surface area contributed by atoms with Crippen LogP contribution in [0.25, 0.3) is 5.65 Å². The lowest BCUT2D eigenvalue weighted by Gasteiger charge is -2.01. The number of fused-ring (bicyclic) bond motifs is 1. The third-order valence-electron chi connectivity index (χ3n) is 2.70. The molecule has 0 radical (unpaired) electrons. The van der Waals surface area contributed by atoms with E-state index in [0.29, 0.717) is 11.6 Å². The van der Waals surface area contributed by atoms with Gasteiger partial charge < -0.3 is 5.32 Å². The SMILES string of the molecule is Fc1ccc2nc(NCCCn3cccn3)nn2c1. The van der Waals surface area contributed by atoms with E-state index in [1.165, 1.54) is 16.8 Å². The van der Waals surface area contributed by atoms with Gasteiger partial charge in [0.2, 0.25) is 5.95 Å². The summed E-state index contributed by atoms with van der Waals surface area (Å²) in [6.07, 6.45) is 5.89. The first-order chi connectivity index (χ1) is 9.31. The molecule has 98 valence electrons. The molecule has 0 aliphatic rings. The van der Waals surface area contributed by atoms with Gasteiger partial charge in [0, 0.05) is 25.5 Å². The first-order valence-corrected chi connectivity index (χ1v) is 6.04. The van der Waals surface area contributed by atoms with Gasteiger partial charge in [-0.15, -0.1) is 5.10 Å². The number of aromatic nitrogens is 5. The summed E-state index contributed by atoms with van der Waals surface area (Å²) in [5, 5.41) is 11.4. The van der Waals surface area contributed by atoms with Gasteiger partial charge in [-0.1, -0.05) is 0 Å². The van der Waals surface area contributed by atoms with Crippen molar-refractivity contribution in [3.05, 3.63) is 42.6 Å². The average molecular weight is 260 g/mol. The van der Waals surface area contributed by atoms with E-state index in [9.17, 15) is 4.39 Å².